The number of halogens is 3. The van der Waals surface area contributed by atoms with Crippen LogP contribution in [0.2, 0.25) is 0 Å². The normalized spacial score (nSPS) is 21.7. The van der Waals surface area contributed by atoms with E-state index in [1.165, 1.54) is 25.1 Å². The molecule has 26 heavy (non-hydrogen) atoms. The quantitative estimate of drug-likeness (QED) is 0.820. The van der Waals surface area contributed by atoms with Gasteiger partial charge in [-0.3, -0.25) is 4.79 Å². The SMILES string of the molecule is CC1=C(C(=O)OC2CCCC2)[C@H](c2ccccc2C(F)(F)F)CC(=O)N1. The lowest BCUT2D eigenvalue weighted by molar-refractivity contribution is -0.145. The molecule has 0 aromatic heterocycles. The first-order valence-electron chi connectivity index (χ1n) is 8.65. The molecule has 0 radical (unpaired) electrons. The number of carbonyl (C=O) groups excluding carboxylic acids is 2. The second kappa shape index (κ2) is 7.13. The fourth-order valence-electron chi connectivity index (χ4n) is 3.72. The third-order valence-electron chi connectivity index (χ3n) is 4.91. The maximum absolute atomic E-state index is 13.4. The van der Waals surface area contributed by atoms with Gasteiger partial charge in [0.1, 0.15) is 6.10 Å². The molecule has 1 saturated carbocycles. The molecule has 7 heteroatoms. The highest BCUT2D eigenvalue weighted by Crippen LogP contribution is 2.41. The number of carbonyl (C=O) groups is 2. The number of ether oxygens (including phenoxy) is 1. The first-order chi connectivity index (χ1) is 12.3. The minimum absolute atomic E-state index is 0.0763. The van der Waals surface area contributed by atoms with Gasteiger partial charge in [0.15, 0.2) is 0 Å². The van der Waals surface area contributed by atoms with Crippen molar-refractivity contribution in [3.63, 3.8) is 0 Å². The van der Waals surface area contributed by atoms with E-state index in [0.717, 1.165) is 31.7 Å². The topological polar surface area (TPSA) is 55.4 Å². The van der Waals surface area contributed by atoms with Crippen molar-refractivity contribution < 1.29 is 27.5 Å². The van der Waals surface area contributed by atoms with Crippen LogP contribution in [-0.4, -0.2) is 18.0 Å². The zero-order valence-electron chi connectivity index (χ0n) is 14.4. The van der Waals surface area contributed by atoms with Crippen LogP contribution < -0.4 is 5.32 Å². The number of hydrogen-bond donors (Lipinski definition) is 1. The lowest BCUT2D eigenvalue weighted by atomic mass is 9.82. The summed E-state index contributed by atoms with van der Waals surface area (Å²) in [6.45, 7) is 1.52. The number of esters is 1. The van der Waals surface area contributed by atoms with Gasteiger partial charge in [0, 0.05) is 18.0 Å². The first-order valence-corrected chi connectivity index (χ1v) is 8.65. The highest BCUT2D eigenvalue weighted by atomic mass is 19.4. The Labute approximate surface area is 149 Å². The van der Waals surface area contributed by atoms with Crippen LogP contribution in [0.3, 0.4) is 0 Å². The van der Waals surface area contributed by atoms with Crippen LogP contribution in [0.25, 0.3) is 0 Å². The van der Waals surface area contributed by atoms with Gasteiger partial charge >= 0.3 is 12.1 Å². The minimum atomic E-state index is -4.57. The van der Waals surface area contributed by atoms with E-state index in [1.807, 2.05) is 0 Å². The Kier molecular flexibility index (Phi) is 5.07. The van der Waals surface area contributed by atoms with Gasteiger partial charge in [-0.15, -0.1) is 0 Å². The number of nitrogens with one attached hydrogen (secondary N) is 1. The Morgan fingerprint density at radius 1 is 1.19 bits per heavy atom. The van der Waals surface area contributed by atoms with E-state index in [0.29, 0.717) is 0 Å². The molecule has 1 aromatic carbocycles. The van der Waals surface area contributed by atoms with Crippen molar-refractivity contribution in [2.24, 2.45) is 0 Å². The van der Waals surface area contributed by atoms with Crippen LogP contribution in [0.1, 0.15) is 56.1 Å². The maximum Gasteiger partial charge on any atom is 0.416 e. The van der Waals surface area contributed by atoms with E-state index in [-0.39, 0.29) is 29.4 Å². The van der Waals surface area contributed by atoms with Crippen molar-refractivity contribution in [1.29, 1.82) is 0 Å². The lowest BCUT2D eigenvalue weighted by Gasteiger charge is -2.29. The van der Waals surface area contributed by atoms with Crippen molar-refractivity contribution in [1.82, 2.24) is 5.32 Å². The van der Waals surface area contributed by atoms with Gasteiger partial charge in [0.05, 0.1) is 11.1 Å². The number of amides is 1. The van der Waals surface area contributed by atoms with E-state index in [9.17, 15) is 22.8 Å². The fraction of sp³-hybridized carbons (Fsp3) is 0.474. The molecule has 1 amide bonds. The van der Waals surface area contributed by atoms with Gasteiger partial charge in [0.25, 0.3) is 0 Å². The van der Waals surface area contributed by atoms with E-state index >= 15 is 0 Å². The predicted molar refractivity (Wildman–Crippen MR) is 88.0 cm³/mol. The third kappa shape index (κ3) is 3.76. The molecule has 1 heterocycles. The zero-order valence-corrected chi connectivity index (χ0v) is 14.4. The molecule has 0 spiro atoms. The molecule has 4 nitrogen and oxygen atoms in total. The molecular weight excluding hydrogens is 347 g/mol. The first kappa shape index (κ1) is 18.5. The Balaban J connectivity index is 2.00. The van der Waals surface area contributed by atoms with Gasteiger partial charge < -0.3 is 10.1 Å². The summed E-state index contributed by atoms with van der Waals surface area (Å²) in [5.74, 6) is -2.03. The highest BCUT2D eigenvalue weighted by molar-refractivity contribution is 5.96. The summed E-state index contributed by atoms with van der Waals surface area (Å²) < 4.78 is 45.8. The lowest BCUT2D eigenvalue weighted by Crippen LogP contribution is -2.35. The van der Waals surface area contributed by atoms with Crippen LogP contribution in [0.15, 0.2) is 35.5 Å². The number of rotatable bonds is 3. The van der Waals surface area contributed by atoms with Crippen molar-refractivity contribution in [3.8, 4) is 0 Å². The average Bonchev–Trinajstić information content (AvgIpc) is 3.06. The largest absolute Gasteiger partial charge is 0.459 e. The molecule has 1 N–H and O–H groups in total. The Morgan fingerprint density at radius 2 is 1.85 bits per heavy atom. The van der Waals surface area contributed by atoms with Gasteiger partial charge in [-0.05, 0) is 44.2 Å². The molecule has 1 aliphatic carbocycles. The summed E-state index contributed by atoms with van der Waals surface area (Å²) in [6, 6.07) is 5.06. The molecule has 3 rings (SSSR count). The molecule has 1 aliphatic heterocycles. The van der Waals surface area contributed by atoms with Crippen LogP contribution >= 0.6 is 0 Å². The second-order valence-corrected chi connectivity index (χ2v) is 6.74. The molecule has 2 aliphatic rings. The summed E-state index contributed by atoms with van der Waals surface area (Å²) in [6.07, 6.45) is -1.56. The summed E-state index contributed by atoms with van der Waals surface area (Å²) in [4.78, 5) is 24.7. The van der Waals surface area contributed by atoms with Gasteiger partial charge in [-0.25, -0.2) is 4.79 Å². The smallest absolute Gasteiger partial charge is 0.416 e. The van der Waals surface area contributed by atoms with Crippen molar-refractivity contribution in [3.05, 3.63) is 46.7 Å². The minimum Gasteiger partial charge on any atom is -0.459 e. The number of alkyl halides is 3. The van der Waals surface area contributed by atoms with E-state index < -0.39 is 29.5 Å². The second-order valence-electron chi connectivity index (χ2n) is 6.74. The average molecular weight is 367 g/mol. The van der Waals surface area contributed by atoms with Crippen molar-refractivity contribution in [2.75, 3.05) is 0 Å². The van der Waals surface area contributed by atoms with Gasteiger partial charge in [0.2, 0.25) is 5.91 Å². The van der Waals surface area contributed by atoms with Crippen LogP contribution in [0.4, 0.5) is 13.2 Å². The Hall–Kier alpha value is -2.31. The Bertz CT molecular complexity index is 749. The highest BCUT2D eigenvalue weighted by Gasteiger charge is 2.40. The maximum atomic E-state index is 13.4. The molecule has 1 atom stereocenters. The fourth-order valence-corrected chi connectivity index (χ4v) is 3.72. The van der Waals surface area contributed by atoms with Crippen LogP contribution in [0, 0.1) is 0 Å². The third-order valence-corrected chi connectivity index (χ3v) is 4.91. The summed E-state index contributed by atoms with van der Waals surface area (Å²) in [5.41, 5.74) is -0.550. The monoisotopic (exact) mass is 367 g/mol. The number of hydrogen-bond acceptors (Lipinski definition) is 3. The van der Waals surface area contributed by atoms with Gasteiger partial charge in [-0.1, -0.05) is 18.2 Å². The van der Waals surface area contributed by atoms with E-state index in [2.05, 4.69) is 5.32 Å². The molecule has 0 bridgehead atoms. The molecule has 1 aromatic rings. The predicted octanol–water partition coefficient (Wildman–Crippen LogP) is 4.07. The number of allylic oxidation sites excluding steroid dienone is 1. The summed E-state index contributed by atoms with van der Waals surface area (Å²) >= 11 is 0. The van der Waals surface area contributed by atoms with Crippen LogP contribution in [0.5, 0.6) is 0 Å². The van der Waals surface area contributed by atoms with E-state index in [4.69, 9.17) is 4.74 Å². The Morgan fingerprint density at radius 3 is 2.50 bits per heavy atom. The molecular formula is C19H20F3NO3. The van der Waals surface area contributed by atoms with Gasteiger partial charge in [-0.2, -0.15) is 13.2 Å². The van der Waals surface area contributed by atoms with Crippen molar-refractivity contribution in [2.45, 2.75) is 57.2 Å². The molecule has 0 saturated heterocycles. The summed E-state index contributed by atoms with van der Waals surface area (Å²) in [5, 5.41) is 2.55. The standard InChI is InChI=1S/C19H20F3NO3/c1-11-17(18(25)26-12-6-2-3-7-12)14(10-16(24)23-11)13-8-4-5-9-15(13)19(20,21)22/h4-5,8-9,12,14H,2-3,6-7,10H2,1H3,(H,23,24)/t14-/m0/s1. The van der Waals surface area contributed by atoms with Crippen molar-refractivity contribution >= 4 is 11.9 Å². The number of benzene rings is 1. The molecule has 0 unspecified atom stereocenters. The van der Waals surface area contributed by atoms with Crippen LogP contribution in [-0.2, 0) is 20.5 Å². The van der Waals surface area contributed by atoms with E-state index in [1.54, 1.807) is 0 Å². The zero-order chi connectivity index (χ0) is 18.9. The molecule has 140 valence electrons. The molecule has 1 fully saturated rings. The summed E-state index contributed by atoms with van der Waals surface area (Å²) in [7, 11) is 0.